The number of carbonyl (C=O) groups excluding carboxylic acids is 2. The third-order valence-corrected chi connectivity index (χ3v) is 9.47. The molecule has 1 spiro atoms. The highest BCUT2D eigenvalue weighted by atomic mass is 16.5. The SMILES string of the molecule is COc1cc2c(cc1OC)C(=O)[C@@]1(C2)[C@H](c2ccccn2)[C@H]2C(=O)c3cc(OC)c(OC)cc3[C@H]2[C@@H]1c1ccccn1. The van der Waals surface area contributed by atoms with Crippen LogP contribution in [0.25, 0.3) is 0 Å². The van der Waals surface area contributed by atoms with E-state index in [1.165, 1.54) is 0 Å². The largest absolute Gasteiger partial charge is 0.493 e. The minimum absolute atomic E-state index is 0.0247. The van der Waals surface area contributed by atoms with Crippen molar-refractivity contribution in [3.63, 3.8) is 0 Å². The van der Waals surface area contributed by atoms with E-state index >= 15 is 4.79 Å². The second kappa shape index (κ2) is 9.69. The molecule has 42 heavy (non-hydrogen) atoms. The number of Topliss-reactive ketones (excluding diaryl/α,β-unsaturated/α-hetero) is 2. The average molecular weight is 563 g/mol. The summed E-state index contributed by atoms with van der Waals surface area (Å²) >= 11 is 0. The van der Waals surface area contributed by atoms with E-state index < -0.39 is 23.2 Å². The van der Waals surface area contributed by atoms with E-state index in [1.807, 2.05) is 48.5 Å². The molecule has 3 aliphatic carbocycles. The summed E-state index contributed by atoms with van der Waals surface area (Å²) in [6.07, 6.45) is 3.88. The van der Waals surface area contributed by atoms with Gasteiger partial charge in [0.25, 0.3) is 0 Å². The normalized spacial score (nSPS) is 25.2. The van der Waals surface area contributed by atoms with Crippen LogP contribution in [0.2, 0.25) is 0 Å². The molecule has 3 aliphatic rings. The molecule has 0 aliphatic heterocycles. The molecule has 8 heteroatoms. The Hall–Kier alpha value is -4.72. The summed E-state index contributed by atoms with van der Waals surface area (Å²) < 4.78 is 22.5. The van der Waals surface area contributed by atoms with Crippen molar-refractivity contribution in [2.24, 2.45) is 11.3 Å². The first-order chi connectivity index (χ1) is 20.5. The Kier molecular flexibility index (Phi) is 6.04. The fraction of sp³-hybridized carbons (Fsp3) is 0.294. The minimum Gasteiger partial charge on any atom is -0.493 e. The fourth-order valence-corrected chi connectivity index (χ4v) is 7.94. The topological polar surface area (TPSA) is 96.8 Å². The van der Waals surface area contributed by atoms with Crippen LogP contribution in [-0.4, -0.2) is 50.0 Å². The van der Waals surface area contributed by atoms with E-state index in [0.29, 0.717) is 46.2 Å². The van der Waals surface area contributed by atoms with Crippen molar-refractivity contribution in [3.8, 4) is 23.0 Å². The number of fused-ring (bicyclic) bond motifs is 4. The molecule has 1 fully saturated rings. The molecule has 5 atom stereocenters. The molecule has 0 unspecified atom stereocenters. The number of carbonyl (C=O) groups is 2. The Morgan fingerprint density at radius 1 is 0.667 bits per heavy atom. The highest BCUT2D eigenvalue weighted by molar-refractivity contribution is 6.11. The Balaban J connectivity index is 1.54. The van der Waals surface area contributed by atoms with Gasteiger partial charge in [0.05, 0.1) is 33.9 Å². The summed E-state index contributed by atoms with van der Waals surface area (Å²) in [5.41, 5.74) is 3.32. The summed E-state index contributed by atoms with van der Waals surface area (Å²) in [5.74, 6) is 0.208. The first kappa shape index (κ1) is 26.2. The van der Waals surface area contributed by atoms with Crippen LogP contribution in [0.3, 0.4) is 0 Å². The molecule has 0 amide bonds. The molecule has 2 aromatic heterocycles. The van der Waals surface area contributed by atoms with Gasteiger partial charge in [0, 0.05) is 58.6 Å². The van der Waals surface area contributed by atoms with E-state index in [2.05, 4.69) is 0 Å². The third kappa shape index (κ3) is 3.41. The zero-order chi connectivity index (χ0) is 29.2. The van der Waals surface area contributed by atoms with Gasteiger partial charge in [-0.2, -0.15) is 0 Å². The lowest BCUT2D eigenvalue weighted by molar-refractivity contribution is 0.0739. The number of methoxy groups -OCH3 is 4. The van der Waals surface area contributed by atoms with Crippen LogP contribution >= 0.6 is 0 Å². The first-order valence-corrected chi connectivity index (χ1v) is 13.9. The summed E-state index contributed by atoms with van der Waals surface area (Å²) in [5, 5.41) is 0. The van der Waals surface area contributed by atoms with Gasteiger partial charge in [-0.3, -0.25) is 19.6 Å². The molecule has 2 aromatic carbocycles. The molecule has 8 nitrogen and oxygen atoms in total. The van der Waals surface area contributed by atoms with Gasteiger partial charge in [-0.1, -0.05) is 12.1 Å². The molecule has 0 bridgehead atoms. The molecule has 212 valence electrons. The maximum Gasteiger partial charge on any atom is 0.171 e. The van der Waals surface area contributed by atoms with Crippen molar-refractivity contribution in [2.75, 3.05) is 28.4 Å². The van der Waals surface area contributed by atoms with Crippen LogP contribution in [0.1, 0.15) is 61.0 Å². The van der Waals surface area contributed by atoms with Gasteiger partial charge >= 0.3 is 0 Å². The lowest BCUT2D eigenvalue weighted by Crippen LogP contribution is -2.39. The van der Waals surface area contributed by atoms with Gasteiger partial charge in [0.2, 0.25) is 0 Å². The second-order valence-electron chi connectivity index (χ2n) is 11.1. The fourth-order valence-electron chi connectivity index (χ4n) is 7.94. The summed E-state index contributed by atoms with van der Waals surface area (Å²) in [6, 6.07) is 18.8. The molecule has 1 saturated carbocycles. The average Bonchev–Trinajstić information content (AvgIpc) is 3.60. The first-order valence-electron chi connectivity index (χ1n) is 13.9. The number of ketones is 2. The zero-order valence-electron chi connectivity index (χ0n) is 23.8. The maximum absolute atomic E-state index is 15.0. The third-order valence-electron chi connectivity index (χ3n) is 9.47. The quantitative estimate of drug-likeness (QED) is 0.308. The van der Waals surface area contributed by atoms with Crippen LogP contribution in [0.15, 0.2) is 73.1 Å². The monoisotopic (exact) mass is 562 g/mol. The van der Waals surface area contributed by atoms with Crippen molar-refractivity contribution in [3.05, 3.63) is 107 Å². The number of ether oxygens (including phenoxy) is 4. The smallest absolute Gasteiger partial charge is 0.171 e. The summed E-state index contributed by atoms with van der Waals surface area (Å²) in [7, 11) is 6.29. The number of nitrogens with zero attached hydrogens (tertiary/aromatic N) is 2. The highest BCUT2D eigenvalue weighted by Gasteiger charge is 2.71. The summed E-state index contributed by atoms with van der Waals surface area (Å²) in [6.45, 7) is 0. The molecule has 0 radical (unpaired) electrons. The van der Waals surface area contributed by atoms with Gasteiger partial charge in [0.1, 0.15) is 0 Å². The Labute approximate surface area is 243 Å². The van der Waals surface area contributed by atoms with Crippen LogP contribution in [-0.2, 0) is 6.42 Å². The van der Waals surface area contributed by atoms with E-state index in [9.17, 15) is 4.79 Å². The number of hydrogen-bond donors (Lipinski definition) is 0. The van der Waals surface area contributed by atoms with Gasteiger partial charge in [0.15, 0.2) is 34.6 Å². The molecule has 2 heterocycles. The van der Waals surface area contributed by atoms with E-state index in [1.54, 1.807) is 53.0 Å². The van der Waals surface area contributed by atoms with Crippen molar-refractivity contribution >= 4 is 11.6 Å². The lowest BCUT2D eigenvalue weighted by Gasteiger charge is -2.37. The number of benzene rings is 2. The van der Waals surface area contributed by atoms with E-state index in [-0.39, 0.29) is 17.5 Å². The van der Waals surface area contributed by atoms with Crippen molar-refractivity contribution in [2.45, 2.75) is 24.2 Å². The van der Waals surface area contributed by atoms with Crippen molar-refractivity contribution < 1.29 is 28.5 Å². The molecule has 0 N–H and O–H groups in total. The van der Waals surface area contributed by atoms with Gasteiger partial charge in [-0.25, -0.2) is 0 Å². The number of rotatable bonds is 6. The Morgan fingerprint density at radius 2 is 1.19 bits per heavy atom. The number of hydrogen-bond acceptors (Lipinski definition) is 8. The van der Waals surface area contributed by atoms with Crippen molar-refractivity contribution in [1.29, 1.82) is 0 Å². The van der Waals surface area contributed by atoms with Crippen LogP contribution in [0, 0.1) is 11.3 Å². The van der Waals surface area contributed by atoms with Crippen molar-refractivity contribution in [1.82, 2.24) is 9.97 Å². The van der Waals surface area contributed by atoms with Crippen LogP contribution < -0.4 is 18.9 Å². The summed E-state index contributed by atoms with van der Waals surface area (Å²) in [4.78, 5) is 39.1. The van der Waals surface area contributed by atoms with Crippen LogP contribution in [0.5, 0.6) is 23.0 Å². The second-order valence-corrected chi connectivity index (χ2v) is 11.1. The molecule has 7 rings (SSSR count). The molecular weight excluding hydrogens is 532 g/mol. The molecule has 0 saturated heterocycles. The van der Waals surface area contributed by atoms with E-state index in [0.717, 1.165) is 16.8 Å². The standard InChI is InChI=1S/C34H30N2O6/c1-39-24-13-18-17-34(33(38)19(18)14-25(24)40-2)30(22-9-5-7-11-35-22)28-20-15-26(41-3)27(42-4)16-21(20)32(37)29(28)31(34)23-10-6-8-12-36-23/h5-16,28-31H,17H2,1-4H3/t28-,29+,30+,31-,34-/m1/s1. The highest BCUT2D eigenvalue weighted by Crippen LogP contribution is 2.72. The predicted molar refractivity (Wildman–Crippen MR) is 154 cm³/mol. The van der Waals surface area contributed by atoms with Gasteiger partial charge in [-0.05, 0) is 66.1 Å². The zero-order valence-corrected chi connectivity index (χ0v) is 23.8. The molecular formula is C34H30N2O6. The molecule has 4 aromatic rings. The Bertz CT molecular complexity index is 1720. The van der Waals surface area contributed by atoms with Gasteiger partial charge in [-0.15, -0.1) is 0 Å². The van der Waals surface area contributed by atoms with Gasteiger partial charge < -0.3 is 18.9 Å². The van der Waals surface area contributed by atoms with Crippen LogP contribution in [0.4, 0.5) is 0 Å². The number of aromatic nitrogens is 2. The minimum atomic E-state index is -1.03. The maximum atomic E-state index is 15.0. The predicted octanol–water partition coefficient (Wildman–Crippen LogP) is 5.41. The Morgan fingerprint density at radius 3 is 1.74 bits per heavy atom. The number of pyridine rings is 2. The van der Waals surface area contributed by atoms with E-state index in [4.69, 9.17) is 28.9 Å². The lowest BCUT2D eigenvalue weighted by atomic mass is 9.64.